The molecule has 0 aliphatic carbocycles. The summed E-state index contributed by atoms with van der Waals surface area (Å²) in [7, 11) is 0. The van der Waals surface area contributed by atoms with Gasteiger partial charge in [-0.05, 0) is 45.4 Å². The Hall–Kier alpha value is -1.83. The van der Waals surface area contributed by atoms with Crippen LogP contribution in [0.2, 0.25) is 0 Å². The zero-order chi connectivity index (χ0) is 21.6. The van der Waals surface area contributed by atoms with Gasteiger partial charge in [-0.2, -0.15) is 0 Å². The van der Waals surface area contributed by atoms with Crippen molar-refractivity contribution in [1.29, 1.82) is 0 Å². The summed E-state index contributed by atoms with van der Waals surface area (Å²) in [6.07, 6.45) is 0.623. The molecule has 1 saturated heterocycles. The molecule has 3 amide bonds. The van der Waals surface area contributed by atoms with E-state index in [0.29, 0.717) is 19.4 Å². The predicted octanol–water partition coefficient (Wildman–Crippen LogP) is 1.66. The second kappa shape index (κ2) is 10.1. The van der Waals surface area contributed by atoms with Gasteiger partial charge < -0.3 is 25.4 Å². The number of hydrogen-bond donors (Lipinski definition) is 3. The number of alkyl carbamates (subject to hydrolysis) is 1. The van der Waals surface area contributed by atoms with E-state index >= 15 is 0 Å². The summed E-state index contributed by atoms with van der Waals surface area (Å²) in [6.45, 7) is 13.1. The van der Waals surface area contributed by atoms with Gasteiger partial charge in [0.2, 0.25) is 11.8 Å². The molecule has 0 aromatic carbocycles. The van der Waals surface area contributed by atoms with Crippen LogP contribution in [0.3, 0.4) is 0 Å². The molecule has 0 bridgehead atoms. The number of likely N-dealkylation sites (tertiary alicyclic amines) is 1. The number of aliphatic hydroxyl groups excluding tert-OH is 1. The Morgan fingerprint density at radius 2 is 1.71 bits per heavy atom. The Bertz CT molecular complexity index is 557. The maximum absolute atomic E-state index is 13.1. The molecule has 1 aliphatic heterocycles. The second-order valence-corrected chi connectivity index (χ2v) is 9.10. The van der Waals surface area contributed by atoms with Crippen LogP contribution in [0.1, 0.15) is 61.3 Å². The van der Waals surface area contributed by atoms with Crippen molar-refractivity contribution in [3.63, 3.8) is 0 Å². The second-order valence-electron chi connectivity index (χ2n) is 9.10. The number of carbonyl (C=O) groups is 3. The lowest BCUT2D eigenvalue weighted by Crippen LogP contribution is -2.57. The van der Waals surface area contributed by atoms with Gasteiger partial charge in [-0.1, -0.05) is 27.7 Å². The molecule has 28 heavy (non-hydrogen) atoms. The summed E-state index contributed by atoms with van der Waals surface area (Å²) in [5.41, 5.74) is -0.666. The van der Waals surface area contributed by atoms with Gasteiger partial charge in [0.05, 0.1) is 12.6 Å². The molecule has 1 fully saturated rings. The van der Waals surface area contributed by atoms with Gasteiger partial charge in [-0.25, -0.2) is 4.79 Å². The van der Waals surface area contributed by atoms with E-state index in [1.54, 1.807) is 20.8 Å². The molecule has 8 heteroatoms. The van der Waals surface area contributed by atoms with E-state index in [1.165, 1.54) is 4.90 Å². The fraction of sp³-hybridized carbons (Fsp3) is 0.850. The third kappa shape index (κ3) is 6.96. The number of nitrogens with one attached hydrogen (secondary N) is 2. The lowest BCUT2D eigenvalue weighted by atomic mass is 10.0. The molecular weight excluding hydrogens is 362 g/mol. The zero-order valence-corrected chi connectivity index (χ0v) is 18.2. The lowest BCUT2D eigenvalue weighted by molar-refractivity contribution is -0.141. The molecule has 1 heterocycles. The summed E-state index contributed by atoms with van der Waals surface area (Å²) in [5.74, 6) is -0.635. The molecule has 0 aromatic rings. The van der Waals surface area contributed by atoms with Crippen molar-refractivity contribution in [2.45, 2.75) is 85.0 Å². The first-order chi connectivity index (χ1) is 12.9. The van der Waals surface area contributed by atoms with E-state index in [2.05, 4.69) is 10.6 Å². The lowest BCUT2D eigenvalue weighted by Gasteiger charge is -2.32. The Labute approximate surface area is 168 Å². The van der Waals surface area contributed by atoms with Crippen molar-refractivity contribution in [3.8, 4) is 0 Å². The van der Waals surface area contributed by atoms with Crippen LogP contribution in [0.4, 0.5) is 4.79 Å². The molecule has 1 aliphatic rings. The predicted molar refractivity (Wildman–Crippen MR) is 107 cm³/mol. The zero-order valence-electron chi connectivity index (χ0n) is 18.2. The molecule has 3 atom stereocenters. The van der Waals surface area contributed by atoms with Crippen molar-refractivity contribution < 1.29 is 24.2 Å². The topological polar surface area (TPSA) is 108 Å². The highest BCUT2D eigenvalue weighted by atomic mass is 16.6. The molecule has 3 N–H and O–H groups in total. The van der Waals surface area contributed by atoms with E-state index in [4.69, 9.17) is 4.74 Å². The molecule has 8 nitrogen and oxygen atoms in total. The van der Waals surface area contributed by atoms with Crippen molar-refractivity contribution in [3.05, 3.63) is 0 Å². The quantitative estimate of drug-likeness (QED) is 0.603. The van der Waals surface area contributed by atoms with Gasteiger partial charge in [0, 0.05) is 6.54 Å². The van der Waals surface area contributed by atoms with E-state index < -0.39 is 23.8 Å². The van der Waals surface area contributed by atoms with E-state index in [1.807, 2.05) is 27.7 Å². The molecule has 1 rings (SSSR count). The van der Waals surface area contributed by atoms with Crippen LogP contribution >= 0.6 is 0 Å². The highest BCUT2D eigenvalue weighted by Crippen LogP contribution is 2.21. The Morgan fingerprint density at radius 3 is 2.18 bits per heavy atom. The van der Waals surface area contributed by atoms with Crippen molar-refractivity contribution in [1.82, 2.24) is 15.5 Å². The van der Waals surface area contributed by atoms with Crippen LogP contribution in [0.25, 0.3) is 0 Å². The van der Waals surface area contributed by atoms with Gasteiger partial charge >= 0.3 is 6.09 Å². The Morgan fingerprint density at radius 1 is 1.11 bits per heavy atom. The summed E-state index contributed by atoms with van der Waals surface area (Å²) < 4.78 is 5.27. The number of hydrogen-bond acceptors (Lipinski definition) is 5. The van der Waals surface area contributed by atoms with Gasteiger partial charge in [0.1, 0.15) is 17.7 Å². The van der Waals surface area contributed by atoms with Crippen molar-refractivity contribution >= 4 is 17.9 Å². The third-order valence-electron chi connectivity index (χ3n) is 4.77. The maximum Gasteiger partial charge on any atom is 0.408 e. The monoisotopic (exact) mass is 399 g/mol. The van der Waals surface area contributed by atoms with Crippen LogP contribution in [-0.2, 0) is 14.3 Å². The smallest absolute Gasteiger partial charge is 0.408 e. The fourth-order valence-electron chi connectivity index (χ4n) is 3.13. The summed E-state index contributed by atoms with van der Waals surface area (Å²) in [6, 6.07) is -1.73. The molecule has 0 aromatic heterocycles. The van der Waals surface area contributed by atoms with Crippen LogP contribution in [0.15, 0.2) is 0 Å². The maximum atomic E-state index is 13.1. The number of amides is 3. The third-order valence-corrected chi connectivity index (χ3v) is 4.77. The fourth-order valence-corrected chi connectivity index (χ4v) is 3.13. The molecule has 162 valence electrons. The van der Waals surface area contributed by atoms with Crippen molar-refractivity contribution in [2.75, 3.05) is 13.2 Å². The van der Waals surface area contributed by atoms with Gasteiger partial charge in [-0.15, -0.1) is 0 Å². The van der Waals surface area contributed by atoms with E-state index in [9.17, 15) is 19.5 Å². The van der Waals surface area contributed by atoms with Gasteiger partial charge in [0.25, 0.3) is 0 Å². The highest BCUT2D eigenvalue weighted by molar-refractivity contribution is 5.92. The minimum Gasteiger partial charge on any atom is -0.444 e. The van der Waals surface area contributed by atoms with Crippen molar-refractivity contribution in [2.24, 2.45) is 11.8 Å². The normalized spacial score (nSPS) is 19.5. The SMILES string of the molecule is CC(C)[C@H](NC(=O)OC(C)(C)C)C(=O)N1CCC[C@H]1C(=O)N[C@H](CO)C(C)C. The Balaban J connectivity index is 2.87. The van der Waals surface area contributed by atoms with Crippen LogP contribution in [0, 0.1) is 11.8 Å². The number of carbonyl (C=O) groups excluding carboxylic acids is 3. The summed E-state index contributed by atoms with van der Waals surface area (Å²) >= 11 is 0. The van der Waals surface area contributed by atoms with Crippen LogP contribution in [-0.4, -0.2) is 64.8 Å². The first-order valence-electron chi connectivity index (χ1n) is 10.1. The first kappa shape index (κ1) is 24.2. The average molecular weight is 400 g/mol. The summed E-state index contributed by atoms with van der Waals surface area (Å²) in [4.78, 5) is 39.5. The molecule has 0 unspecified atom stereocenters. The minimum atomic E-state index is -0.776. The first-order valence-corrected chi connectivity index (χ1v) is 10.1. The summed E-state index contributed by atoms with van der Waals surface area (Å²) in [5, 5.41) is 15.0. The van der Waals surface area contributed by atoms with Crippen LogP contribution < -0.4 is 10.6 Å². The molecule has 0 saturated carbocycles. The average Bonchev–Trinajstić information content (AvgIpc) is 3.04. The number of ether oxygens (including phenoxy) is 1. The number of rotatable bonds is 7. The van der Waals surface area contributed by atoms with Gasteiger partial charge in [-0.3, -0.25) is 9.59 Å². The standard InChI is InChI=1S/C20H37N3O5/c1-12(2)14(11-24)21-17(25)15-9-8-10-23(15)18(26)16(13(3)4)22-19(27)28-20(5,6)7/h12-16,24H,8-11H2,1-7H3,(H,21,25)(H,22,27)/t14-,15+,16+/m1/s1. The minimum absolute atomic E-state index is 0.0803. The van der Waals surface area contributed by atoms with E-state index in [-0.39, 0.29) is 36.3 Å². The number of nitrogens with zero attached hydrogens (tertiary/aromatic N) is 1. The molecule has 0 spiro atoms. The van der Waals surface area contributed by atoms with Crippen LogP contribution in [0.5, 0.6) is 0 Å². The highest BCUT2D eigenvalue weighted by Gasteiger charge is 2.39. The van der Waals surface area contributed by atoms with E-state index in [0.717, 1.165) is 0 Å². The Kier molecular flexibility index (Phi) is 8.73. The number of aliphatic hydroxyl groups is 1. The molecular formula is C20H37N3O5. The van der Waals surface area contributed by atoms with Gasteiger partial charge in [0.15, 0.2) is 0 Å². The molecule has 0 radical (unpaired) electrons. The largest absolute Gasteiger partial charge is 0.444 e.